The van der Waals surface area contributed by atoms with Crippen molar-refractivity contribution >= 4 is 12.4 Å². The SMILES string of the molecule is CCCn1nc(C)cc1CNCc1ccc(F)cc1.Cl. The van der Waals surface area contributed by atoms with Crippen LogP contribution in [0.25, 0.3) is 0 Å². The second-order valence-corrected chi connectivity index (χ2v) is 4.73. The zero-order chi connectivity index (χ0) is 13.7. The molecule has 0 saturated heterocycles. The summed E-state index contributed by atoms with van der Waals surface area (Å²) in [4.78, 5) is 0. The molecule has 0 saturated carbocycles. The fraction of sp³-hybridized carbons (Fsp3) is 0.400. The van der Waals surface area contributed by atoms with Crippen molar-refractivity contribution in [2.75, 3.05) is 0 Å². The monoisotopic (exact) mass is 297 g/mol. The predicted molar refractivity (Wildman–Crippen MR) is 81.4 cm³/mol. The van der Waals surface area contributed by atoms with Crippen molar-refractivity contribution in [2.45, 2.75) is 39.9 Å². The van der Waals surface area contributed by atoms with Crippen LogP contribution in [0.15, 0.2) is 30.3 Å². The van der Waals surface area contributed by atoms with Crippen LogP contribution in [0.2, 0.25) is 0 Å². The molecule has 5 heteroatoms. The van der Waals surface area contributed by atoms with Crippen molar-refractivity contribution in [3.63, 3.8) is 0 Å². The third kappa shape index (κ3) is 4.62. The lowest BCUT2D eigenvalue weighted by Crippen LogP contribution is -2.16. The number of aryl methyl sites for hydroxylation is 2. The van der Waals surface area contributed by atoms with Gasteiger partial charge in [0.05, 0.1) is 11.4 Å². The Kier molecular flexibility index (Phi) is 6.68. The summed E-state index contributed by atoms with van der Waals surface area (Å²) in [5.41, 5.74) is 3.33. The number of hydrogen-bond acceptors (Lipinski definition) is 2. The molecule has 2 aromatic rings. The number of halogens is 2. The molecule has 0 radical (unpaired) electrons. The average molecular weight is 298 g/mol. The second kappa shape index (κ2) is 8.02. The molecule has 2 rings (SSSR count). The molecule has 0 bridgehead atoms. The zero-order valence-electron chi connectivity index (χ0n) is 11.9. The van der Waals surface area contributed by atoms with Crippen molar-refractivity contribution in [1.82, 2.24) is 15.1 Å². The van der Waals surface area contributed by atoms with Crippen LogP contribution in [0, 0.1) is 12.7 Å². The summed E-state index contributed by atoms with van der Waals surface area (Å²) in [5.74, 6) is -0.194. The molecule has 0 unspecified atom stereocenters. The van der Waals surface area contributed by atoms with E-state index in [0.29, 0.717) is 0 Å². The predicted octanol–water partition coefficient (Wildman–Crippen LogP) is 3.45. The molecule has 1 aromatic carbocycles. The van der Waals surface area contributed by atoms with E-state index in [4.69, 9.17) is 0 Å². The topological polar surface area (TPSA) is 29.9 Å². The Labute approximate surface area is 125 Å². The normalized spacial score (nSPS) is 10.3. The van der Waals surface area contributed by atoms with Gasteiger partial charge in [-0.25, -0.2) is 4.39 Å². The minimum absolute atomic E-state index is 0. The molecule has 0 aliphatic heterocycles. The molecule has 3 nitrogen and oxygen atoms in total. The van der Waals surface area contributed by atoms with Gasteiger partial charge in [0.2, 0.25) is 0 Å². The quantitative estimate of drug-likeness (QED) is 0.885. The van der Waals surface area contributed by atoms with E-state index in [-0.39, 0.29) is 18.2 Å². The van der Waals surface area contributed by atoms with Crippen LogP contribution in [0.5, 0.6) is 0 Å². The highest BCUT2D eigenvalue weighted by Crippen LogP contribution is 2.06. The van der Waals surface area contributed by atoms with Crippen LogP contribution in [-0.4, -0.2) is 9.78 Å². The minimum Gasteiger partial charge on any atom is -0.307 e. The minimum atomic E-state index is -0.194. The van der Waals surface area contributed by atoms with Gasteiger partial charge in [0, 0.05) is 19.6 Å². The Morgan fingerprint density at radius 3 is 2.55 bits per heavy atom. The maximum atomic E-state index is 12.8. The Morgan fingerprint density at radius 2 is 1.90 bits per heavy atom. The van der Waals surface area contributed by atoms with Crippen LogP contribution in [0.4, 0.5) is 4.39 Å². The largest absolute Gasteiger partial charge is 0.307 e. The molecule has 0 aliphatic carbocycles. The van der Waals surface area contributed by atoms with Gasteiger partial charge in [0.1, 0.15) is 5.82 Å². The first-order chi connectivity index (χ1) is 9.19. The lowest BCUT2D eigenvalue weighted by atomic mass is 10.2. The first-order valence-corrected chi connectivity index (χ1v) is 6.67. The van der Waals surface area contributed by atoms with E-state index in [1.807, 2.05) is 11.6 Å². The molecule has 0 atom stereocenters. The number of benzene rings is 1. The number of nitrogens with zero attached hydrogens (tertiary/aromatic N) is 2. The number of nitrogens with one attached hydrogen (secondary N) is 1. The summed E-state index contributed by atoms with van der Waals surface area (Å²) >= 11 is 0. The van der Waals surface area contributed by atoms with Gasteiger partial charge in [-0.05, 0) is 37.1 Å². The third-order valence-electron chi connectivity index (χ3n) is 2.97. The van der Waals surface area contributed by atoms with Crippen LogP contribution in [0.3, 0.4) is 0 Å². The first kappa shape index (κ1) is 16.7. The maximum absolute atomic E-state index is 12.8. The highest BCUT2D eigenvalue weighted by Gasteiger charge is 2.04. The lowest BCUT2D eigenvalue weighted by Gasteiger charge is -2.07. The zero-order valence-corrected chi connectivity index (χ0v) is 12.7. The van der Waals surface area contributed by atoms with E-state index in [2.05, 4.69) is 23.4 Å². The van der Waals surface area contributed by atoms with Gasteiger partial charge in [0.25, 0.3) is 0 Å². The Bertz CT molecular complexity index is 522. The molecule has 110 valence electrons. The van der Waals surface area contributed by atoms with Crippen molar-refractivity contribution in [1.29, 1.82) is 0 Å². The summed E-state index contributed by atoms with van der Waals surface area (Å²) in [6, 6.07) is 8.69. The lowest BCUT2D eigenvalue weighted by molar-refractivity contribution is 0.547. The number of hydrogen-bond donors (Lipinski definition) is 1. The summed E-state index contributed by atoms with van der Waals surface area (Å²) in [5, 5.41) is 7.83. The first-order valence-electron chi connectivity index (χ1n) is 6.67. The van der Waals surface area contributed by atoms with Gasteiger partial charge in [-0.15, -0.1) is 12.4 Å². The van der Waals surface area contributed by atoms with E-state index in [0.717, 1.165) is 37.3 Å². The van der Waals surface area contributed by atoms with Crippen molar-refractivity contribution in [3.8, 4) is 0 Å². The summed E-state index contributed by atoms with van der Waals surface area (Å²) in [7, 11) is 0. The smallest absolute Gasteiger partial charge is 0.123 e. The average Bonchev–Trinajstić information content (AvgIpc) is 2.73. The van der Waals surface area contributed by atoms with E-state index >= 15 is 0 Å². The van der Waals surface area contributed by atoms with Crippen LogP contribution >= 0.6 is 12.4 Å². The van der Waals surface area contributed by atoms with E-state index < -0.39 is 0 Å². The molecule has 20 heavy (non-hydrogen) atoms. The van der Waals surface area contributed by atoms with E-state index in [9.17, 15) is 4.39 Å². The molecule has 1 heterocycles. The van der Waals surface area contributed by atoms with Gasteiger partial charge in [0.15, 0.2) is 0 Å². The van der Waals surface area contributed by atoms with Crippen LogP contribution < -0.4 is 5.32 Å². The molecular weight excluding hydrogens is 277 g/mol. The van der Waals surface area contributed by atoms with Gasteiger partial charge in [-0.2, -0.15) is 5.10 Å². The molecule has 0 amide bonds. The standard InChI is InChI=1S/C15H20FN3.ClH/c1-3-8-19-15(9-12(2)18-19)11-17-10-13-4-6-14(16)7-5-13;/h4-7,9,17H,3,8,10-11H2,1-2H3;1H. The van der Waals surface area contributed by atoms with Crippen LogP contribution in [-0.2, 0) is 19.6 Å². The van der Waals surface area contributed by atoms with E-state index in [1.54, 1.807) is 12.1 Å². The molecule has 0 spiro atoms. The Hall–Kier alpha value is -1.39. The van der Waals surface area contributed by atoms with Gasteiger partial charge < -0.3 is 5.32 Å². The molecule has 0 aliphatic rings. The van der Waals surface area contributed by atoms with Gasteiger partial charge in [-0.1, -0.05) is 19.1 Å². The molecule has 1 aromatic heterocycles. The Morgan fingerprint density at radius 1 is 1.20 bits per heavy atom. The summed E-state index contributed by atoms with van der Waals surface area (Å²) in [6.07, 6.45) is 1.08. The van der Waals surface area contributed by atoms with Gasteiger partial charge >= 0.3 is 0 Å². The maximum Gasteiger partial charge on any atom is 0.123 e. The van der Waals surface area contributed by atoms with Crippen molar-refractivity contribution in [2.24, 2.45) is 0 Å². The van der Waals surface area contributed by atoms with Crippen LogP contribution in [0.1, 0.15) is 30.3 Å². The summed E-state index contributed by atoms with van der Waals surface area (Å²) < 4.78 is 14.8. The fourth-order valence-electron chi connectivity index (χ4n) is 2.08. The summed E-state index contributed by atoms with van der Waals surface area (Å²) in [6.45, 7) is 6.61. The molecule has 1 N–H and O–H groups in total. The molecule has 0 fully saturated rings. The van der Waals surface area contributed by atoms with Gasteiger partial charge in [-0.3, -0.25) is 4.68 Å². The number of rotatable bonds is 6. The third-order valence-corrected chi connectivity index (χ3v) is 2.97. The number of aromatic nitrogens is 2. The fourth-order valence-corrected chi connectivity index (χ4v) is 2.08. The highest BCUT2D eigenvalue weighted by molar-refractivity contribution is 5.85. The Balaban J connectivity index is 0.00000200. The highest BCUT2D eigenvalue weighted by atomic mass is 35.5. The molecular formula is C15H21ClFN3. The van der Waals surface area contributed by atoms with Crippen molar-refractivity contribution in [3.05, 3.63) is 53.1 Å². The second-order valence-electron chi connectivity index (χ2n) is 4.73. The van der Waals surface area contributed by atoms with Crippen molar-refractivity contribution < 1.29 is 4.39 Å². The van der Waals surface area contributed by atoms with E-state index in [1.165, 1.54) is 17.8 Å².